The molecular weight excluding hydrogens is 447 g/mol. The van der Waals surface area contributed by atoms with Crippen LogP contribution in [0, 0.1) is 11.8 Å². The Morgan fingerprint density at radius 1 is 1.12 bits per heavy atom. The number of halogens is 1. The van der Waals surface area contributed by atoms with Crippen molar-refractivity contribution < 1.29 is 0 Å². The molecule has 0 aromatic carbocycles. The lowest BCUT2D eigenvalue weighted by molar-refractivity contribution is 0.477. The molecule has 146 valence electrons. The van der Waals surface area contributed by atoms with Crippen LogP contribution >= 0.6 is 35.7 Å². The summed E-state index contributed by atoms with van der Waals surface area (Å²) >= 11 is 1.66. The molecule has 1 heterocycles. The first-order valence-corrected chi connectivity index (χ1v) is 10.1. The fourth-order valence-electron chi connectivity index (χ4n) is 2.36. The molecule has 2 N–H and O–H groups in total. The zero-order valence-electron chi connectivity index (χ0n) is 16.5. The maximum atomic E-state index is 4.36. The number of thioether (sulfide) groups is 1. The van der Waals surface area contributed by atoms with Gasteiger partial charge >= 0.3 is 0 Å². The minimum absolute atomic E-state index is 0. The van der Waals surface area contributed by atoms with Crippen molar-refractivity contribution in [2.75, 3.05) is 26.4 Å². The molecule has 0 bridgehead atoms. The summed E-state index contributed by atoms with van der Waals surface area (Å²) in [7, 11) is 1.81. The number of aromatic nitrogens is 3. The Kier molecular flexibility index (Phi) is 13.4. The number of guanidine groups is 1. The molecular formula is C17H35IN6S. The number of hydrogen-bond acceptors (Lipinski definition) is 4. The molecule has 0 atom stereocenters. The normalized spacial score (nSPS) is 11.8. The second-order valence-electron chi connectivity index (χ2n) is 6.82. The van der Waals surface area contributed by atoms with Crippen molar-refractivity contribution in [3.8, 4) is 0 Å². The number of rotatable bonds is 10. The van der Waals surface area contributed by atoms with Gasteiger partial charge in [0.2, 0.25) is 0 Å². The van der Waals surface area contributed by atoms with E-state index in [9.17, 15) is 0 Å². The monoisotopic (exact) mass is 482 g/mol. The Labute approximate surface area is 174 Å². The first-order valence-electron chi connectivity index (χ1n) is 8.88. The van der Waals surface area contributed by atoms with E-state index in [0.717, 1.165) is 55.8 Å². The lowest BCUT2D eigenvalue weighted by Gasteiger charge is -2.13. The molecule has 6 nitrogen and oxygen atoms in total. The molecule has 1 aromatic heterocycles. The van der Waals surface area contributed by atoms with Crippen LogP contribution < -0.4 is 10.6 Å². The van der Waals surface area contributed by atoms with E-state index >= 15 is 0 Å². The van der Waals surface area contributed by atoms with Gasteiger partial charge in [-0.25, -0.2) is 0 Å². The molecule has 1 rings (SSSR count). The highest BCUT2D eigenvalue weighted by Gasteiger charge is 2.12. The van der Waals surface area contributed by atoms with E-state index in [0.29, 0.717) is 11.8 Å². The van der Waals surface area contributed by atoms with Crippen molar-refractivity contribution in [3.05, 3.63) is 5.82 Å². The lowest BCUT2D eigenvalue weighted by atomic mass is 10.1. The van der Waals surface area contributed by atoms with E-state index in [1.165, 1.54) is 0 Å². The van der Waals surface area contributed by atoms with Crippen molar-refractivity contribution >= 4 is 41.7 Å². The second-order valence-corrected chi connectivity index (χ2v) is 7.59. The molecule has 8 heteroatoms. The summed E-state index contributed by atoms with van der Waals surface area (Å²) in [6.45, 7) is 11.7. The van der Waals surface area contributed by atoms with Gasteiger partial charge in [0.15, 0.2) is 11.1 Å². The summed E-state index contributed by atoms with van der Waals surface area (Å²) in [6.07, 6.45) is 5.14. The highest BCUT2D eigenvalue weighted by molar-refractivity contribution is 14.0. The molecule has 0 amide bonds. The van der Waals surface area contributed by atoms with Crippen LogP contribution in [0.25, 0.3) is 0 Å². The molecule has 0 aliphatic carbocycles. The molecule has 0 fully saturated rings. The Morgan fingerprint density at radius 3 is 2.36 bits per heavy atom. The van der Waals surface area contributed by atoms with Crippen LogP contribution in [0.15, 0.2) is 10.1 Å². The highest BCUT2D eigenvalue weighted by atomic mass is 127. The van der Waals surface area contributed by atoms with Crippen LogP contribution in [0.1, 0.15) is 46.4 Å². The predicted molar refractivity (Wildman–Crippen MR) is 119 cm³/mol. The highest BCUT2D eigenvalue weighted by Crippen LogP contribution is 2.16. The van der Waals surface area contributed by atoms with Gasteiger partial charge in [-0.3, -0.25) is 4.99 Å². The van der Waals surface area contributed by atoms with Crippen LogP contribution in [0.5, 0.6) is 0 Å². The third-order valence-electron chi connectivity index (χ3n) is 3.63. The quantitative estimate of drug-likeness (QED) is 0.176. The van der Waals surface area contributed by atoms with Gasteiger partial charge in [0.25, 0.3) is 0 Å². The van der Waals surface area contributed by atoms with Gasteiger partial charge in [-0.1, -0.05) is 39.5 Å². The van der Waals surface area contributed by atoms with Gasteiger partial charge in [-0.15, -0.1) is 34.2 Å². The van der Waals surface area contributed by atoms with E-state index in [4.69, 9.17) is 0 Å². The maximum absolute atomic E-state index is 4.36. The Bertz CT molecular complexity index is 501. The number of aliphatic imine (C=N–C) groups is 1. The first-order chi connectivity index (χ1) is 11.5. The molecule has 0 unspecified atom stereocenters. The van der Waals surface area contributed by atoms with Crippen molar-refractivity contribution in [3.63, 3.8) is 0 Å². The van der Waals surface area contributed by atoms with Crippen LogP contribution in [-0.4, -0.2) is 47.1 Å². The molecule has 0 radical (unpaired) electrons. The number of nitrogens with zero attached hydrogens (tertiary/aromatic N) is 4. The largest absolute Gasteiger partial charge is 0.356 e. The molecule has 0 saturated heterocycles. The van der Waals surface area contributed by atoms with Crippen molar-refractivity contribution in [1.82, 2.24) is 25.4 Å². The fraction of sp³-hybridized carbons (Fsp3) is 0.824. The summed E-state index contributed by atoms with van der Waals surface area (Å²) < 4.78 is 2.26. The molecule has 0 aliphatic rings. The third kappa shape index (κ3) is 9.67. The van der Waals surface area contributed by atoms with E-state index in [1.807, 2.05) is 7.05 Å². The summed E-state index contributed by atoms with van der Waals surface area (Å²) in [6, 6.07) is 0. The lowest BCUT2D eigenvalue weighted by Crippen LogP contribution is -2.38. The summed E-state index contributed by atoms with van der Waals surface area (Å²) in [4.78, 5) is 4.26. The van der Waals surface area contributed by atoms with E-state index in [1.54, 1.807) is 11.8 Å². The Hall–Kier alpha value is -0.510. The van der Waals surface area contributed by atoms with E-state index < -0.39 is 0 Å². The third-order valence-corrected chi connectivity index (χ3v) is 4.30. The molecule has 0 saturated carbocycles. The molecule has 1 aromatic rings. The van der Waals surface area contributed by atoms with E-state index in [-0.39, 0.29) is 24.0 Å². The topological polar surface area (TPSA) is 67.1 Å². The fourth-order valence-corrected chi connectivity index (χ4v) is 2.88. The average molecular weight is 482 g/mol. The van der Waals surface area contributed by atoms with Gasteiger partial charge < -0.3 is 15.2 Å². The summed E-state index contributed by atoms with van der Waals surface area (Å²) in [5.41, 5.74) is 0. The predicted octanol–water partition coefficient (Wildman–Crippen LogP) is 3.42. The van der Waals surface area contributed by atoms with E-state index in [2.05, 4.69) is 64.3 Å². The Balaban J connectivity index is 0.00000576. The first kappa shape index (κ1) is 24.5. The number of hydrogen-bond donors (Lipinski definition) is 2. The smallest absolute Gasteiger partial charge is 0.190 e. The van der Waals surface area contributed by atoms with Gasteiger partial charge in [0.1, 0.15) is 5.82 Å². The second kappa shape index (κ2) is 13.7. The van der Waals surface area contributed by atoms with Gasteiger partial charge in [-0.2, -0.15) is 0 Å². The Morgan fingerprint density at radius 2 is 1.80 bits per heavy atom. The maximum Gasteiger partial charge on any atom is 0.190 e. The van der Waals surface area contributed by atoms with Crippen LogP contribution in [-0.2, 0) is 13.0 Å². The van der Waals surface area contributed by atoms with Crippen LogP contribution in [0.4, 0.5) is 0 Å². The summed E-state index contributed by atoms with van der Waals surface area (Å²) in [5, 5.41) is 16.4. The van der Waals surface area contributed by atoms with Crippen molar-refractivity contribution in [1.29, 1.82) is 0 Å². The van der Waals surface area contributed by atoms with Crippen LogP contribution in [0.2, 0.25) is 0 Å². The van der Waals surface area contributed by atoms with Gasteiger partial charge in [0, 0.05) is 33.1 Å². The molecule has 0 spiro atoms. The zero-order chi connectivity index (χ0) is 17.9. The minimum Gasteiger partial charge on any atom is -0.356 e. The summed E-state index contributed by atoms with van der Waals surface area (Å²) in [5.74, 6) is 3.25. The number of aryl methyl sites for hydroxylation is 1. The number of nitrogens with one attached hydrogen (secondary N) is 2. The molecule has 0 aliphatic heterocycles. The standard InChI is InChI=1S/C17H34N6S.HI/c1-13(2)9-11-20-16(18-5)19-10-7-8-15-21-22-17(24-6)23(15)12-14(3)4;/h13-14H,7-12H2,1-6H3,(H2,18,19,20);1H. The van der Waals surface area contributed by atoms with Gasteiger partial charge in [0.05, 0.1) is 0 Å². The SMILES string of the molecule is CN=C(NCCCc1nnc(SC)n1CC(C)C)NCCC(C)C.I. The minimum atomic E-state index is 0. The van der Waals surface area contributed by atoms with Crippen molar-refractivity contribution in [2.45, 2.75) is 58.7 Å². The van der Waals surface area contributed by atoms with Gasteiger partial charge in [-0.05, 0) is 30.9 Å². The van der Waals surface area contributed by atoms with Crippen LogP contribution in [0.3, 0.4) is 0 Å². The zero-order valence-corrected chi connectivity index (χ0v) is 19.6. The molecule has 25 heavy (non-hydrogen) atoms. The average Bonchev–Trinajstić information content (AvgIpc) is 2.90. The van der Waals surface area contributed by atoms with Crippen molar-refractivity contribution in [2.24, 2.45) is 16.8 Å².